The van der Waals surface area contributed by atoms with Gasteiger partial charge < -0.3 is 14.8 Å². The second-order valence-electron chi connectivity index (χ2n) is 5.95. The molecule has 5 heteroatoms. The number of carbonyl (C=O) groups is 2. The van der Waals surface area contributed by atoms with Crippen LogP contribution in [-0.4, -0.2) is 30.3 Å². The van der Waals surface area contributed by atoms with E-state index in [1.54, 1.807) is 27.7 Å². The molecule has 0 radical (unpaired) electrons. The minimum Gasteiger partial charge on any atom is -0.464 e. The Labute approximate surface area is 122 Å². The van der Waals surface area contributed by atoms with Crippen LogP contribution in [0.4, 0.5) is 4.79 Å². The summed E-state index contributed by atoms with van der Waals surface area (Å²) in [7, 11) is 0. The summed E-state index contributed by atoms with van der Waals surface area (Å²) in [6, 6.07) is -0.694. The lowest BCUT2D eigenvalue weighted by molar-refractivity contribution is -0.145. The molecule has 0 spiro atoms. The quantitative estimate of drug-likeness (QED) is 0.549. The molecule has 0 saturated carbocycles. The Balaban J connectivity index is 3.78. The highest BCUT2D eigenvalue weighted by atomic mass is 16.6. The summed E-state index contributed by atoms with van der Waals surface area (Å²) in [5, 5.41) is 2.46. The van der Waals surface area contributed by atoms with Crippen molar-refractivity contribution in [3.63, 3.8) is 0 Å². The molecule has 0 aliphatic heterocycles. The van der Waals surface area contributed by atoms with E-state index in [4.69, 9.17) is 9.47 Å². The van der Waals surface area contributed by atoms with Gasteiger partial charge in [-0.3, -0.25) is 0 Å². The maximum Gasteiger partial charge on any atom is 0.408 e. The number of esters is 1. The highest BCUT2D eigenvalue weighted by molar-refractivity contribution is 5.80. The summed E-state index contributed by atoms with van der Waals surface area (Å²) in [5.41, 5.74) is -0.576. The molecular formula is C15H29NO4. The molecular weight excluding hydrogens is 258 g/mol. The van der Waals surface area contributed by atoms with E-state index in [1.807, 2.05) is 0 Å². The summed E-state index contributed by atoms with van der Waals surface area (Å²) < 4.78 is 10.2. The molecule has 0 bridgehead atoms. The van der Waals surface area contributed by atoms with E-state index in [-0.39, 0.29) is 0 Å². The maximum atomic E-state index is 11.6. The van der Waals surface area contributed by atoms with E-state index in [0.29, 0.717) is 6.61 Å². The number of amides is 1. The molecule has 0 aliphatic rings. The van der Waals surface area contributed by atoms with Crippen LogP contribution in [0.5, 0.6) is 0 Å². The average Bonchev–Trinajstić information content (AvgIpc) is 2.30. The van der Waals surface area contributed by atoms with Crippen LogP contribution in [-0.2, 0) is 14.3 Å². The highest BCUT2D eigenvalue weighted by Gasteiger charge is 2.21. The van der Waals surface area contributed by atoms with Gasteiger partial charge in [0.25, 0.3) is 0 Å². The van der Waals surface area contributed by atoms with Gasteiger partial charge in [0.05, 0.1) is 6.61 Å². The van der Waals surface area contributed by atoms with E-state index in [0.717, 1.165) is 12.8 Å². The van der Waals surface area contributed by atoms with Gasteiger partial charge in [0.1, 0.15) is 11.6 Å². The zero-order chi connectivity index (χ0) is 15.6. The molecule has 5 nitrogen and oxygen atoms in total. The highest BCUT2D eigenvalue weighted by Crippen LogP contribution is 2.07. The summed E-state index contributed by atoms with van der Waals surface area (Å²) in [5.74, 6) is -0.425. The predicted molar refractivity (Wildman–Crippen MR) is 78.5 cm³/mol. The van der Waals surface area contributed by atoms with Gasteiger partial charge in [-0.05, 0) is 34.1 Å². The maximum absolute atomic E-state index is 11.6. The van der Waals surface area contributed by atoms with Crippen molar-refractivity contribution in [2.45, 2.75) is 78.4 Å². The Kier molecular flexibility index (Phi) is 9.01. The second-order valence-corrected chi connectivity index (χ2v) is 5.95. The van der Waals surface area contributed by atoms with E-state index in [1.165, 1.54) is 19.3 Å². The van der Waals surface area contributed by atoms with Crippen LogP contribution in [0.3, 0.4) is 0 Å². The molecule has 1 N–H and O–H groups in total. The van der Waals surface area contributed by atoms with Gasteiger partial charge in [0, 0.05) is 0 Å². The van der Waals surface area contributed by atoms with E-state index in [2.05, 4.69) is 12.2 Å². The molecule has 20 heavy (non-hydrogen) atoms. The molecule has 0 fully saturated rings. The predicted octanol–water partition coefficient (Wildman–Crippen LogP) is 3.41. The van der Waals surface area contributed by atoms with Crippen LogP contribution in [0.15, 0.2) is 0 Å². The normalized spacial score (nSPS) is 12.7. The Bertz CT molecular complexity index is 297. The van der Waals surface area contributed by atoms with Gasteiger partial charge in [-0.15, -0.1) is 0 Å². The van der Waals surface area contributed by atoms with Crippen LogP contribution in [0.2, 0.25) is 0 Å². The summed E-state index contributed by atoms with van der Waals surface area (Å²) in [4.78, 5) is 23.1. The van der Waals surface area contributed by atoms with Crippen molar-refractivity contribution >= 4 is 12.1 Å². The summed E-state index contributed by atoms with van der Waals surface area (Å²) >= 11 is 0. The number of hydrogen-bond donors (Lipinski definition) is 1. The molecule has 1 amide bonds. The minimum absolute atomic E-state index is 0.406. The van der Waals surface area contributed by atoms with Crippen LogP contribution in [0.1, 0.15) is 66.7 Å². The standard InChI is InChI=1S/C15H29NO4/c1-6-7-8-9-10-11-19-13(17)12(2)16-14(18)20-15(3,4)5/h12H,6-11H2,1-5H3,(H,16,18). The van der Waals surface area contributed by atoms with Crippen molar-refractivity contribution in [1.29, 1.82) is 0 Å². The lowest BCUT2D eigenvalue weighted by atomic mass is 10.2. The number of ether oxygens (including phenoxy) is 2. The van der Waals surface area contributed by atoms with E-state index >= 15 is 0 Å². The van der Waals surface area contributed by atoms with Gasteiger partial charge in [0.15, 0.2) is 0 Å². The van der Waals surface area contributed by atoms with Gasteiger partial charge in [0.2, 0.25) is 0 Å². The largest absolute Gasteiger partial charge is 0.464 e. The zero-order valence-corrected chi connectivity index (χ0v) is 13.5. The average molecular weight is 287 g/mol. The first kappa shape index (κ1) is 18.7. The molecule has 0 aliphatic carbocycles. The fraction of sp³-hybridized carbons (Fsp3) is 0.867. The van der Waals surface area contributed by atoms with Gasteiger partial charge >= 0.3 is 12.1 Å². The number of hydrogen-bond acceptors (Lipinski definition) is 4. The number of rotatable bonds is 8. The van der Waals surface area contributed by atoms with Gasteiger partial charge in [-0.25, -0.2) is 9.59 Å². The SMILES string of the molecule is CCCCCCCOC(=O)C(C)NC(=O)OC(C)(C)C. The van der Waals surface area contributed by atoms with Crippen molar-refractivity contribution in [1.82, 2.24) is 5.32 Å². The summed E-state index contributed by atoms with van der Waals surface area (Å²) in [6.45, 7) is 9.46. The molecule has 0 aromatic rings. The Morgan fingerprint density at radius 3 is 2.25 bits per heavy atom. The van der Waals surface area contributed by atoms with Crippen molar-refractivity contribution in [2.75, 3.05) is 6.61 Å². The smallest absolute Gasteiger partial charge is 0.408 e. The first-order valence-corrected chi connectivity index (χ1v) is 7.42. The van der Waals surface area contributed by atoms with Crippen molar-refractivity contribution < 1.29 is 19.1 Å². The molecule has 0 saturated heterocycles. The van der Waals surface area contributed by atoms with Crippen LogP contribution in [0.25, 0.3) is 0 Å². The molecule has 0 heterocycles. The van der Waals surface area contributed by atoms with Crippen molar-refractivity contribution in [2.24, 2.45) is 0 Å². The lowest BCUT2D eigenvalue weighted by Crippen LogP contribution is -2.42. The van der Waals surface area contributed by atoms with Gasteiger partial charge in [-0.2, -0.15) is 0 Å². The Hall–Kier alpha value is -1.26. The third-order valence-corrected chi connectivity index (χ3v) is 2.58. The number of carbonyl (C=O) groups excluding carboxylic acids is 2. The lowest BCUT2D eigenvalue weighted by Gasteiger charge is -2.21. The number of unbranched alkanes of at least 4 members (excludes halogenated alkanes) is 4. The monoisotopic (exact) mass is 287 g/mol. The van der Waals surface area contributed by atoms with Crippen LogP contribution in [0, 0.1) is 0 Å². The zero-order valence-electron chi connectivity index (χ0n) is 13.5. The van der Waals surface area contributed by atoms with Gasteiger partial charge in [-0.1, -0.05) is 32.6 Å². The molecule has 1 unspecified atom stereocenters. The number of alkyl carbamates (subject to hydrolysis) is 1. The van der Waals surface area contributed by atoms with Crippen molar-refractivity contribution in [3.8, 4) is 0 Å². The number of nitrogens with one attached hydrogen (secondary N) is 1. The fourth-order valence-electron chi connectivity index (χ4n) is 1.55. The second kappa shape index (κ2) is 9.61. The first-order valence-electron chi connectivity index (χ1n) is 7.42. The fourth-order valence-corrected chi connectivity index (χ4v) is 1.55. The topological polar surface area (TPSA) is 64.6 Å². The third-order valence-electron chi connectivity index (χ3n) is 2.58. The van der Waals surface area contributed by atoms with Crippen LogP contribution < -0.4 is 5.32 Å². The molecule has 1 atom stereocenters. The Morgan fingerprint density at radius 1 is 1.10 bits per heavy atom. The molecule has 0 rings (SSSR count). The van der Waals surface area contributed by atoms with Crippen molar-refractivity contribution in [3.05, 3.63) is 0 Å². The summed E-state index contributed by atoms with van der Waals surface area (Å²) in [6.07, 6.45) is 4.89. The third kappa shape index (κ3) is 10.6. The minimum atomic E-state index is -0.694. The Morgan fingerprint density at radius 2 is 1.70 bits per heavy atom. The molecule has 118 valence electrons. The molecule has 0 aromatic carbocycles. The van der Waals surface area contributed by atoms with Crippen LogP contribution >= 0.6 is 0 Å². The van der Waals surface area contributed by atoms with E-state index in [9.17, 15) is 9.59 Å². The van der Waals surface area contributed by atoms with E-state index < -0.39 is 23.7 Å². The first-order chi connectivity index (χ1) is 9.26. The molecule has 0 aromatic heterocycles.